The van der Waals surface area contributed by atoms with Gasteiger partial charge in [-0.3, -0.25) is 9.10 Å². The fourth-order valence-electron chi connectivity index (χ4n) is 2.39. The van der Waals surface area contributed by atoms with Crippen LogP contribution in [0.25, 0.3) is 0 Å². The molecule has 2 rings (SSSR count). The molecule has 6 nitrogen and oxygen atoms in total. The van der Waals surface area contributed by atoms with Crippen LogP contribution in [0, 0.1) is 5.82 Å². The molecule has 0 aromatic heterocycles. The van der Waals surface area contributed by atoms with Gasteiger partial charge in [-0.25, -0.2) is 12.8 Å². The molecule has 0 amide bonds. The third kappa shape index (κ3) is 5.19. The fourth-order valence-corrected chi connectivity index (χ4v) is 3.81. The Balaban J connectivity index is 2.53. The summed E-state index contributed by atoms with van der Waals surface area (Å²) in [7, 11) is -4.16. The van der Waals surface area contributed by atoms with Crippen LogP contribution in [0.4, 0.5) is 10.1 Å². The van der Waals surface area contributed by atoms with Crippen molar-refractivity contribution in [3.05, 3.63) is 54.3 Å². The van der Waals surface area contributed by atoms with Gasteiger partial charge in [-0.2, -0.15) is 0 Å². The van der Waals surface area contributed by atoms with Gasteiger partial charge in [-0.05, 0) is 57.2 Å². The molecule has 0 atom stereocenters. The number of esters is 1. The van der Waals surface area contributed by atoms with Gasteiger partial charge in [0.1, 0.15) is 18.1 Å². The first-order valence-electron chi connectivity index (χ1n) is 8.45. The summed E-state index contributed by atoms with van der Waals surface area (Å²) in [6.07, 6.45) is -0.394. The van der Waals surface area contributed by atoms with Gasteiger partial charge in [0.2, 0.25) is 0 Å². The molecule has 2 aromatic carbocycles. The Morgan fingerprint density at radius 2 is 1.74 bits per heavy atom. The van der Waals surface area contributed by atoms with Crippen LogP contribution in [-0.4, -0.2) is 33.6 Å². The number of rotatable bonds is 8. The van der Waals surface area contributed by atoms with Gasteiger partial charge < -0.3 is 9.47 Å². The van der Waals surface area contributed by atoms with E-state index in [1.165, 1.54) is 6.07 Å². The van der Waals surface area contributed by atoms with Crippen molar-refractivity contribution >= 4 is 21.7 Å². The van der Waals surface area contributed by atoms with Crippen LogP contribution in [0.15, 0.2) is 53.4 Å². The second-order valence-corrected chi connectivity index (χ2v) is 7.77. The van der Waals surface area contributed by atoms with Gasteiger partial charge in [0.25, 0.3) is 10.0 Å². The Labute approximate surface area is 158 Å². The first kappa shape index (κ1) is 20.7. The standard InChI is InChI=1S/C19H22FNO5S/c1-4-25-18-8-6-5-7-17(18)21(13-19(22)26-14(2)3)27(23,24)16-11-9-15(20)10-12-16/h5-12,14H,4,13H2,1-3H3. The van der Waals surface area contributed by atoms with Crippen molar-refractivity contribution in [2.75, 3.05) is 17.5 Å². The molecular weight excluding hydrogens is 373 g/mol. The zero-order valence-electron chi connectivity index (χ0n) is 15.4. The van der Waals surface area contributed by atoms with Crippen molar-refractivity contribution < 1.29 is 27.1 Å². The van der Waals surface area contributed by atoms with Crippen LogP contribution in [0.5, 0.6) is 5.75 Å². The lowest BCUT2D eigenvalue weighted by Crippen LogP contribution is -2.37. The zero-order chi connectivity index (χ0) is 20.0. The van der Waals surface area contributed by atoms with Gasteiger partial charge in [0.05, 0.1) is 23.3 Å². The minimum Gasteiger partial charge on any atom is -0.492 e. The molecule has 27 heavy (non-hydrogen) atoms. The van der Waals surface area contributed by atoms with Crippen LogP contribution >= 0.6 is 0 Å². The van der Waals surface area contributed by atoms with E-state index in [0.29, 0.717) is 12.4 Å². The highest BCUT2D eigenvalue weighted by Gasteiger charge is 2.30. The molecule has 0 bridgehead atoms. The molecule has 0 saturated heterocycles. The number of carbonyl (C=O) groups is 1. The minimum atomic E-state index is -4.16. The Morgan fingerprint density at radius 1 is 1.11 bits per heavy atom. The number of ether oxygens (including phenoxy) is 2. The van der Waals surface area contributed by atoms with Crippen LogP contribution in [-0.2, 0) is 19.6 Å². The molecule has 0 saturated carbocycles. The van der Waals surface area contributed by atoms with E-state index < -0.39 is 34.5 Å². The van der Waals surface area contributed by atoms with Crippen LogP contribution < -0.4 is 9.04 Å². The van der Waals surface area contributed by atoms with Crippen molar-refractivity contribution in [2.45, 2.75) is 31.8 Å². The predicted molar refractivity (Wildman–Crippen MR) is 99.8 cm³/mol. The molecule has 0 radical (unpaired) electrons. The molecule has 0 unspecified atom stereocenters. The normalized spacial score (nSPS) is 11.3. The van der Waals surface area contributed by atoms with Crippen molar-refractivity contribution in [3.63, 3.8) is 0 Å². The lowest BCUT2D eigenvalue weighted by atomic mass is 10.3. The minimum absolute atomic E-state index is 0.146. The van der Waals surface area contributed by atoms with E-state index in [2.05, 4.69) is 0 Å². The SMILES string of the molecule is CCOc1ccccc1N(CC(=O)OC(C)C)S(=O)(=O)c1ccc(F)cc1. The van der Waals surface area contributed by atoms with E-state index in [4.69, 9.17) is 9.47 Å². The predicted octanol–water partition coefficient (Wildman–Crippen LogP) is 3.37. The molecule has 0 heterocycles. The summed E-state index contributed by atoms with van der Waals surface area (Å²) in [6.45, 7) is 4.89. The van der Waals surface area contributed by atoms with Crippen molar-refractivity contribution in [2.24, 2.45) is 0 Å². The summed E-state index contributed by atoms with van der Waals surface area (Å²) in [5.41, 5.74) is 0.199. The maximum absolute atomic E-state index is 13.2. The van der Waals surface area contributed by atoms with E-state index in [1.807, 2.05) is 0 Å². The molecule has 8 heteroatoms. The zero-order valence-corrected chi connectivity index (χ0v) is 16.2. The molecule has 2 aromatic rings. The second kappa shape index (κ2) is 8.85. The van der Waals surface area contributed by atoms with Crippen molar-refractivity contribution in [3.8, 4) is 5.75 Å². The number of para-hydroxylation sites is 2. The monoisotopic (exact) mass is 395 g/mol. The summed E-state index contributed by atoms with van der Waals surface area (Å²) >= 11 is 0. The van der Waals surface area contributed by atoms with Crippen LogP contribution in [0.1, 0.15) is 20.8 Å². The third-order valence-corrected chi connectivity index (χ3v) is 5.25. The Hall–Kier alpha value is -2.61. The number of hydrogen-bond donors (Lipinski definition) is 0. The van der Waals surface area contributed by atoms with Gasteiger partial charge in [0.15, 0.2) is 0 Å². The van der Waals surface area contributed by atoms with E-state index in [1.54, 1.807) is 39.0 Å². The lowest BCUT2D eigenvalue weighted by Gasteiger charge is -2.26. The topological polar surface area (TPSA) is 72.9 Å². The average Bonchev–Trinajstić information content (AvgIpc) is 2.60. The lowest BCUT2D eigenvalue weighted by molar-refractivity contribution is -0.145. The highest BCUT2D eigenvalue weighted by molar-refractivity contribution is 7.92. The first-order chi connectivity index (χ1) is 12.8. The van der Waals surface area contributed by atoms with Crippen molar-refractivity contribution in [1.29, 1.82) is 0 Å². The number of anilines is 1. The van der Waals surface area contributed by atoms with Crippen LogP contribution in [0.3, 0.4) is 0 Å². The molecule has 0 N–H and O–H groups in total. The van der Waals surface area contributed by atoms with Gasteiger partial charge >= 0.3 is 5.97 Å². The molecule has 0 aliphatic rings. The van der Waals surface area contributed by atoms with E-state index >= 15 is 0 Å². The summed E-state index contributed by atoms with van der Waals surface area (Å²) in [4.78, 5) is 12.1. The molecule has 0 aliphatic heterocycles. The second-order valence-electron chi connectivity index (χ2n) is 5.90. The largest absolute Gasteiger partial charge is 0.492 e. The maximum Gasteiger partial charge on any atom is 0.327 e. The summed E-state index contributed by atoms with van der Waals surface area (Å²) in [6, 6.07) is 10.9. The molecule has 146 valence electrons. The average molecular weight is 395 g/mol. The van der Waals surface area contributed by atoms with E-state index in [9.17, 15) is 17.6 Å². The number of sulfonamides is 1. The molecule has 0 aliphatic carbocycles. The Morgan fingerprint density at radius 3 is 2.33 bits per heavy atom. The Bertz CT molecular complexity index is 881. The number of hydrogen-bond acceptors (Lipinski definition) is 5. The highest BCUT2D eigenvalue weighted by Crippen LogP contribution is 2.32. The number of benzene rings is 2. The fraction of sp³-hybridized carbons (Fsp3) is 0.316. The highest BCUT2D eigenvalue weighted by atomic mass is 32.2. The molecule has 0 fully saturated rings. The third-order valence-electron chi connectivity index (χ3n) is 3.48. The molecular formula is C19H22FNO5S. The number of nitrogens with zero attached hydrogens (tertiary/aromatic N) is 1. The summed E-state index contributed by atoms with van der Waals surface area (Å²) in [5.74, 6) is -0.959. The molecule has 0 spiro atoms. The van der Waals surface area contributed by atoms with Gasteiger partial charge in [-0.1, -0.05) is 12.1 Å². The van der Waals surface area contributed by atoms with E-state index in [0.717, 1.165) is 28.6 Å². The quantitative estimate of drug-likeness (QED) is 0.641. The smallest absolute Gasteiger partial charge is 0.327 e. The van der Waals surface area contributed by atoms with E-state index in [-0.39, 0.29) is 10.6 Å². The Kier molecular flexibility index (Phi) is 6.79. The number of halogens is 1. The maximum atomic E-state index is 13.2. The van der Waals surface area contributed by atoms with Gasteiger partial charge in [0, 0.05) is 0 Å². The van der Waals surface area contributed by atoms with Crippen LogP contribution in [0.2, 0.25) is 0 Å². The van der Waals surface area contributed by atoms with Crippen molar-refractivity contribution in [1.82, 2.24) is 0 Å². The number of carbonyl (C=O) groups excluding carboxylic acids is 1. The first-order valence-corrected chi connectivity index (χ1v) is 9.89. The summed E-state index contributed by atoms with van der Waals surface area (Å²) < 4.78 is 51.1. The van der Waals surface area contributed by atoms with Gasteiger partial charge in [-0.15, -0.1) is 0 Å². The summed E-state index contributed by atoms with van der Waals surface area (Å²) in [5, 5.41) is 0.